The number of piperidine rings is 1. The van der Waals surface area contributed by atoms with E-state index in [2.05, 4.69) is 88.0 Å². The number of anilines is 1. The molecule has 178 valence electrons. The molecule has 0 radical (unpaired) electrons. The second-order valence-corrected chi connectivity index (χ2v) is 11.2. The van der Waals surface area contributed by atoms with Crippen molar-refractivity contribution >= 4 is 17.5 Å². The quantitative estimate of drug-likeness (QED) is 0.416. The van der Waals surface area contributed by atoms with Gasteiger partial charge < -0.3 is 15.1 Å². The summed E-state index contributed by atoms with van der Waals surface area (Å²) < 4.78 is 0. The molecule has 1 saturated carbocycles. The number of guanidine groups is 1. The molecule has 1 saturated heterocycles. The predicted molar refractivity (Wildman–Crippen MR) is 138 cm³/mol. The van der Waals surface area contributed by atoms with Crippen molar-refractivity contribution in [1.29, 1.82) is 5.41 Å². The molecule has 2 N–H and O–H groups in total. The normalized spacial score (nSPS) is 20.2. The third-order valence-corrected chi connectivity index (χ3v) is 7.59. The summed E-state index contributed by atoms with van der Waals surface area (Å²) in [6, 6.07) is 8.65. The molecule has 0 unspecified atom stereocenters. The Balaban J connectivity index is 1.73. The van der Waals surface area contributed by atoms with Gasteiger partial charge in [-0.1, -0.05) is 32.9 Å². The van der Waals surface area contributed by atoms with E-state index in [0.29, 0.717) is 11.8 Å². The fourth-order valence-corrected chi connectivity index (χ4v) is 5.67. The maximum Gasteiger partial charge on any atom is 0.221 e. The van der Waals surface area contributed by atoms with Gasteiger partial charge in [-0.15, -0.1) is 0 Å². The first kappa shape index (κ1) is 24.8. The second-order valence-electron chi connectivity index (χ2n) is 11.2. The Morgan fingerprint density at radius 2 is 1.78 bits per heavy atom. The Hall–Kier alpha value is -1.88. The largest absolute Gasteiger partial charge is 0.349 e. The van der Waals surface area contributed by atoms with E-state index in [4.69, 9.17) is 10.4 Å². The van der Waals surface area contributed by atoms with Gasteiger partial charge in [0.2, 0.25) is 5.96 Å². The first-order chi connectivity index (χ1) is 15.1. The van der Waals surface area contributed by atoms with E-state index in [1.54, 1.807) is 0 Å². The third kappa shape index (κ3) is 5.36. The van der Waals surface area contributed by atoms with Crippen molar-refractivity contribution in [3.63, 3.8) is 0 Å². The van der Waals surface area contributed by atoms with Gasteiger partial charge in [-0.2, -0.15) is 0 Å². The number of hydrogen-bond acceptors (Lipinski definition) is 2. The van der Waals surface area contributed by atoms with Crippen LogP contribution >= 0.6 is 0 Å². The molecule has 0 atom stereocenters. The number of benzene rings is 1. The smallest absolute Gasteiger partial charge is 0.221 e. The van der Waals surface area contributed by atoms with E-state index in [9.17, 15) is 0 Å². The Kier molecular flexibility index (Phi) is 7.69. The summed E-state index contributed by atoms with van der Waals surface area (Å²) in [5.41, 5.74) is 2.48. The lowest BCUT2D eigenvalue weighted by molar-refractivity contribution is -0.0231. The zero-order chi connectivity index (χ0) is 23.5. The molecule has 1 heterocycles. The van der Waals surface area contributed by atoms with Crippen molar-refractivity contribution in [1.82, 2.24) is 9.80 Å². The Labute approximate surface area is 196 Å². The minimum Gasteiger partial charge on any atom is -0.349 e. The van der Waals surface area contributed by atoms with Gasteiger partial charge in [0.15, 0.2) is 0 Å². The van der Waals surface area contributed by atoms with Gasteiger partial charge in [-0.25, -0.2) is 4.99 Å². The van der Waals surface area contributed by atoms with Crippen molar-refractivity contribution < 1.29 is 0 Å². The molecule has 2 aliphatic rings. The highest BCUT2D eigenvalue weighted by Gasteiger charge is 2.49. The zero-order valence-electron chi connectivity index (χ0n) is 21.5. The third-order valence-electron chi connectivity index (χ3n) is 7.59. The maximum absolute atomic E-state index is 8.59. The van der Waals surface area contributed by atoms with Crippen LogP contribution in [0.3, 0.4) is 0 Å². The SMILES string of the molecule is CC/C(=N\C(=N)Nc1ccc(C2CCN(C)CC2)cc1)N(C(C)(C)C)C1(C(C)C)CCC1. The highest BCUT2D eigenvalue weighted by atomic mass is 15.3. The first-order valence-corrected chi connectivity index (χ1v) is 12.6. The monoisotopic (exact) mass is 439 g/mol. The van der Waals surface area contributed by atoms with E-state index in [-0.39, 0.29) is 17.0 Å². The molecule has 32 heavy (non-hydrogen) atoms. The van der Waals surface area contributed by atoms with E-state index in [0.717, 1.165) is 17.9 Å². The molecule has 0 amide bonds. The molecular formula is C27H45N5. The van der Waals surface area contributed by atoms with E-state index >= 15 is 0 Å². The van der Waals surface area contributed by atoms with Crippen LogP contribution in [-0.2, 0) is 0 Å². The lowest BCUT2D eigenvalue weighted by atomic mass is 9.66. The van der Waals surface area contributed by atoms with Crippen molar-refractivity contribution in [2.24, 2.45) is 10.9 Å². The van der Waals surface area contributed by atoms with Gasteiger partial charge in [-0.3, -0.25) is 5.41 Å². The molecule has 1 aliphatic carbocycles. The lowest BCUT2D eigenvalue weighted by Crippen LogP contribution is -2.65. The summed E-state index contributed by atoms with van der Waals surface area (Å²) in [5, 5.41) is 11.8. The van der Waals surface area contributed by atoms with Gasteiger partial charge in [0, 0.05) is 23.2 Å². The molecule has 0 spiro atoms. The van der Waals surface area contributed by atoms with Crippen molar-refractivity contribution in [3.8, 4) is 0 Å². The predicted octanol–water partition coefficient (Wildman–Crippen LogP) is 6.33. The van der Waals surface area contributed by atoms with Gasteiger partial charge in [0.1, 0.15) is 5.84 Å². The van der Waals surface area contributed by atoms with Crippen LogP contribution in [0.1, 0.15) is 91.5 Å². The summed E-state index contributed by atoms with van der Waals surface area (Å²) in [5.74, 6) is 2.45. The lowest BCUT2D eigenvalue weighted by Gasteiger charge is -2.59. The standard InChI is InChI=1S/C27H45N5/c1-8-24(32(26(4,5)6)27(20(2)3)16-9-17-27)30-25(28)29-23-12-10-21(11-13-23)22-14-18-31(7)19-15-22/h10-13,20,22H,8-9,14-19H2,1-7H3,(H2,28,29)/b30-24+. The van der Waals surface area contributed by atoms with Crippen LogP contribution < -0.4 is 5.32 Å². The summed E-state index contributed by atoms with van der Waals surface area (Å²) in [6.45, 7) is 16.0. The fourth-order valence-electron chi connectivity index (χ4n) is 5.67. The van der Waals surface area contributed by atoms with Crippen LogP contribution in [0, 0.1) is 11.3 Å². The Morgan fingerprint density at radius 3 is 2.22 bits per heavy atom. The van der Waals surface area contributed by atoms with E-state index in [1.807, 2.05) is 0 Å². The molecule has 5 heteroatoms. The average Bonchev–Trinajstić information content (AvgIpc) is 2.69. The first-order valence-electron chi connectivity index (χ1n) is 12.6. The molecule has 1 aliphatic heterocycles. The van der Waals surface area contributed by atoms with Gasteiger partial charge in [0.05, 0.1) is 0 Å². The minimum absolute atomic E-state index is 0.0322. The van der Waals surface area contributed by atoms with E-state index in [1.165, 1.54) is 50.8 Å². The molecule has 0 bridgehead atoms. The molecule has 2 fully saturated rings. The highest BCUT2D eigenvalue weighted by molar-refractivity contribution is 6.01. The Morgan fingerprint density at radius 1 is 1.19 bits per heavy atom. The van der Waals surface area contributed by atoms with Crippen LogP contribution in [0.4, 0.5) is 5.69 Å². The average molecular weight is 440 g/mol. The van der Waals surface area contributed by atoms with Crippen molar-refractivity contribution in [2.75, 3.05) is 25.5 Å². The molecule has 5 nitrogen and oxygen atoms in total. The number of aliphatic imine (C=N–C) groups is 1. The fraction of sp³-hybridized carbons (Fsp3) is 0.704. The minimum atomic E-state index is -0.0322. The number of nitrogens with zero attached hydrogens (tertiary/aromatic N) is 3. The summed E-state index contributed by atoms with van der Waals surface area (Å²) in [4.78, 5) is 9.76. The molecule has 1 aromatic carbocycles. The van der Waals surface area contributed by atoms with Crippen LogP contribution in [0.15, 0.2) is 29.3 Å². The number of rotatable bonds is 5. The summed E-state index contributed by atoms with van der Waals surface area (Å²) in [6.07, 6.45) is 6.97. The van der Waals surface area contributed by atoms with Crippen LogP contribution in [0.5, 0.6) is 0 Å². The zero-order valence-corrected chi connectivity index (χ0v) is 21.5. The molecule has 1 aromatic rings. The van der Waals surface area contributed by atoms with Crippen molar-refractivity contribution in [2.45, 2.75) is 97.1 Å². The maximum atomic E-state index is 8.59. The number of likely N-dealkylation sites (tertiary alicyclic amines) is 1. The van der Waals surface area contributed by atoms with Crippen LogP contribution in [0.2, 0.25) is 0 Å². The summed E-state index contributed by atoms with van der Waals surface area (Å²) in [7, 11) is 2.20. The molecular weight excluding hydrogens is 394 g/mol. The van der Waals surface area contributed by atoms with Gasteiger partial charge >= 0.3 is 0 Å². The van der Waals surface area contributed by atoms with E-state index < -0.39 is 0 Å². The molecule has 3 rings (SSSR count). The summed E-state index contributed by atoms with van der Waals surface area (Å²) >= 11 is 0. The Bertz CT molecular complexity index is 790. The topological polar surface area (TPSA) is 54.7 Å². The van der Waals surface area contributed by atoms with Crippen LogP contribution in [0.25, 0.3) is 0 Å². The second kappa shape index (κ2) is 9.94. The number of nitrogens with one attached hydrogen (secondary N) is 2. The van der Waals surface area contributed by atoms with Crippen molar-refractivity contribution in [3.05, 3.63) is 29.8 Å². The number of amidine groups is 1. The number of hydrogen-bond donors (Lipinski definition) is 2. The molecule has 0 aromatic heterocycles. The highest BCUT2D eigenvalue weighted by Crippen LogP contribution is 2.47. The van der Waals surface area contributed by atoms with Crippen LogP contribution in [-0.4, -0.2) is 52.8 Å². The van der Waals surface area contributed by atoms with Gasteiger partial charge in [0.25, 0.3) is 0 Å². The van der Waals surface area contributed by atoms with Gasteiger partial charge in [-0.05, 0) is 103 Å².